The molecule has 1 amide bonds. The quantitative estimate of drug-likeness (QED) is 0.666. The minimum Gasteiger partial charge on any atom is -0.495 e. The van der Waals surface area contributed by atoms with Gasteiger partial charge in [-0.25, -0.2) is 8.42 Å². The molecule has 0 saturated carbocycles. The Kier molecular flexibility index (Phi) is 6.13. The fourth-order valence-electron chi connectivity index (χ4n) is 4.07. The Hall–Kier alpha value is -2.68. The Balaban J connectivity index is 1.60. The molecule has 8 heteroatoms. The maximum absolute atomic E-state index is 13.1. The van der Waals surface area contributed by atoms with Crippen molar-refractivity contribution in [3.8, 4) is 5.75 Å². The van der Waals surface area contributed by atoms with Crippen LogP contribution in [0.2, 0.25) is 0 Å². The third-order valence-corrected chi connectivity index (χ3v) is 7.56. The van der Waals surface area contributed by atoms with E-state index in [4.69, 9.17) is 9.47 Å². The van der Waals surface area contributed by atoms with Crippen LogP contribution in [-0.4, -0.2) is 58.1 Å². The summed E-state index contributed by atoms with van der Waals surface area (Å²) in [6.07, 6.45) is 3.96. The number of methoxy groups -OCH3 is 1. The van der Waals surface area contributed by atoms with Gasteiger partial charge in [0.1, 0.15) is 10.6 Å². The Labute approximate surface area is 182 Å². The molecule has 1 atom stereocenters. The highest BCUT2D eigenvalue weighted by Crippen LogP contribution is 2.32. The number of morpholine rings is 1. The lowest BCUT2D eigenvalue weighted by molar-refractivity contribution is -0.114. The average Bonchev–Trinajstić information content (AvgIpc) is 3.13. The van der Waals surface area contributed by atoms with Crippen LogP contribution in [0.15, 0.2) is 53.4 Å². The molecule has 1 unspecified atom stereocenters. The van der Waals surface area contributed by atoms with Crippen LogP contribution in [-0.2, 0) is 26.0 Å². The molecule has 0 N–H and O–H groups in total. The van der Waals surface area contributed by atoms with Crippen LogP contribution in [0.1, 0.15) is 18.1 Å². The van der Waals surface area contributed by atoms with Gasteiger partial charge < -0.3 is 14.4 Å². The standard InChI is InChI=1S/C23H26N2O5S/c1-17-15-19-5-3-4-6-20(19)25(17)23(26)10-8-18-7-9-21(29-2)22(16-18)31(27,28)24-11-13-30-14-12-24/h3-10,16-17H,11-15H2,1-2H3. The fourth-order valence-corrected chi connectivity index (χ4v) is 5.67. The number of carbonyl (C=O) groups excluding carboxylic acids is 1. The van der Waals surface area contributed by atoms with Gasteiger partial charge >= 0.3 is 0 Å². The number of hydrogen-bond donors (Lipinski definition) is 0. The molecular weight excluding hydrogens is 416 g/mol. The number of carbonyl (C=O) groups is 1. The molecule has 1 saturated heterocycles. The van der Waals surface area contributed by atoms with Gasteiger partial charge in [0.05, 0.1) is 20.3 Å². The summed E-state index contributed by atoms with van der Waals surface area (Å²) in [6, 6.07) is 12.9. The molecule has 2 aromatic rings. The van der Waals surface area contributed by atoms with Crippen molar-refractivity contribution >= 4 is 27.7 Å². The molecule has 2 aliphatic rings. The highest BCUT2D eigenvalue weighted by atomic mass is 32.2. The van der Waals surface area contributed by atoms with E-state index in [2.05, 4.69) is 0 Å². The molecule has 2 aliphatic heterocycles. The topological polar surface area (TPSA) is 76.2 Å². The van der Waals surface area contributed by atoms with E-state index in [0.717, 1.165) is 17.7 Å². The molecular formula is C23H26N2O5S. The van der Waals surface area contributed by atoms with Gasteiger partial charge in [-0.05, 0) is 48.7 Å². The predicted octanol–water partition coefficient (Wildman–Crippen LogP) is 2.71. The van der Waals surface area contributed by atoms with Crippen LogP contribution < -0.4 is 9.64 Å². The van der Waals surface area contributed by atoms with Crippen LogP contribution in [0.3, 0.4) is 0 Å². The highest BCUT2D eigenvalue weighted by molar-refractivity contribution is 7.89. The summed E-state index contributed by atoms with van der Waals surface area (Å²) in [5, 5.41) is 0. The van der Waals surface area contributed by atoms with Gasteiger partial charge in [-0.3, -0.25) is 4.79 Å². The lowest BCUT2D eigenvalue weighted by Crippen LogP contribution is -2.40. The summed E-state index contributed by atoms with van der Waals surface area (Å²) >= 11 is 0. The van der Waals surface area contributed by atoms with Gasteiger partial charge in [0.25, 0.3) is 5.91 Å². The lowest BCUT2D eigenvalue weighted by atomic mass is 10.1. The van der Waals surface area contributed by atoms with Crippen molar-refractivity contribution in [1.82, 2.24) is 4.31 Å². The zero-order chi connectivity index (χ0) is 22.0. The second kappa shape index (κ2) is 8.82. The maximum Gasteiger partial charge on any atom is 0.251 e. The van der Waals surface area contributed by atoms with E-state index in [1.807, 2.05) is 31.2 Å². The summed E-state index contributed by atoms with van der Waals surface area (Å²) in [5.74, 6) is 0.142. The number of amides is 1. The minimum absolute atomic E-state index is 0.0719. The van der Waals surface area contributed by atoms with Crippen molar-refractivity contribution in [2.45, 2.75) is 24.3 Å². The van der Waals surface area contributed by atoms with Crippen LogP contribution >= 0.6 is 0 Å². The number of sulfonamides is 1. The Bertz CT molecular complexity index is 1110. The number of anilines is 1. The van der Waals surface area contributed by atoms with E-state index in [-0.39, 0.29) is 22.6 Å². The van der Waals surface area contributed by atoms with E-state index in [1.54, 1.807) is 29.2 Å². The average molecular weight is 443 g/mol. The summed E-state index contributed by atoms with van der Waals surface area (Å²) in [5.41, 5.74) is 2.69. The van der Waals surface area contributed by atoms with Crippen molar-refractivity contribution in [3.05, 3.63) is 59.7 Å². The fraction of sp³-hybridized carbons (Fsp3) is 0.348. The molecule has 1 fully saturated rings. The van der Waals surface area contributed by atoms with Crippen molar-refractivity contribution in [3.63, 3.8) is 0 Å². The zero-order valence-electron chi connectivity index (χ0n) is 17.7. The number of para-hydroxylation sites is 1. The smallest absolute Gasteiger partial charge is 0.251 e. The molecule has 2 heterocycles. The molecule has 0 spiro atoms. The van der Waals surface area contributed by atoms with Gasteiger partial charge in [0.15, 0.2) is 0 Å². The van der Waals surface area contributed by atoms with Crippen LogP contribution in [0.25, 0.3) is 6.08 Å². The van der Waals surface area contributed by atoms with E-state index in [9.17, 15) is 13.2 Å². The second-order valence-corrected chi connectivity index (χ2v) is 9.56. The lowest BCUT2D eigenvalue weighted by Gasteiger charge is -2.26. The summed E-state index contributed by atoms with van der Waals surface area (Å²) in [6.45, 7) is 3.36. The van der Waals surface area contributed by atoms with Gasteiger partial charge in [0.2, 0.25) is 10.0 Å². The Morgan fingerprint density at radius 1 is 1.16 bits per heavy atom. The molecule has 4 rings (SSSR count). The number of hydrogen-bond acceptors (Lipinski definition) is 5. The third-order valence-electron chi connectivity index (χ3n) is 5.64. The van der Waals surface area contributed by atoms with E-state index >= 15 is 0 Å². The van der Waals surface area contributed by atoms with Crippen molar-refractivity contribution in [2.24, 2.45) is 0 Å². The Morgan fingerprint density at radius 3 is 2.65 bits per heavy atom. The normalized spacial score (nSPS) is 19.5. The predicted molar refractivity (Wildman–Crippen MR) is 119 cm³/mol. The van der Waals surface area contributed by atoms with Crippen molar-refractivity contribution in [1.29, 1.82) is 0 Å². The van der Waals surface area contributed by atoms with Crippen LogP contribution in [0, 0.1) is 0 Å². The Morgan fingerprint density at radius 2 is 1.90 bits per heavy atom. The molecule has 7 nitrogen and oxygen atoms in total. The third kappa shape index (κ3) is 4.23. The zero-order valence-corrected chi connectivity index (χ0v) is 18.5. The molecule has 0 radical (unpaired) electrons. The van der Waals surface area contributed by atoms with Crippen LogP contribution in [0.4, 0.5) is 5.69 Å². The molecule has 0 bridgehead atoms. The monoisotopic (exact) mass is 442 g/mol. The van der Waals surface area contributed by atoms with Gasteiger partial charge in [0, 0.05) is 30.9 Å². The van der Waals surface area contributed by atoms with Crippen molar-refractivity contribution < 1.29 is 22.7 Å². The van der Waals surface area contributed by atoms with Crippen LogP contribution in [0.5, 0.6) is 5.75 Å². The van der Waals surface area contributed by atoms with E-state index < -0.39 is 10.0 Å². The first-order valence-corrected chi connectivity index (χ1v) is 11.7. The molecule has 164 valence electrons. The largest absolute Gasteiger partial charge is 0.495 e. The molecule has 2 aromatic carbocycles. The van der Waals surface area contributed by atoms with Gasteiger partial charge in [-0.15, -0.1) is 0 Å². The maximum atomic E-state index is 13.1. The number of benzene rings is 2. The van der Waals surface area contributed by atoms with E-state index in [0.29, 0.717) is 31.9 Å². The number of fused-ring (bicyclic) bond motifs is 1. The van der Waals surface area contributed by atoms with Gasteiger partial charge in [-0.1, -0.05) is 24.3 Å². The summed E-state index contributed by atoms with van der Waals surface area (Å²) < 4.78 is 38.2. The first-order chi connectivity index (χ1) is 14.9. The first-order valence-electron chi connectivity index (χ1n) is 10.3. The molecule has 31 heavy (non-hydrogen) atoms. The number of ether oxygens (including phenoxy) is 2. The van der Waals surface area contributed by atoms with Crippen molar-refractivity contribution in [2.75, 3.05) is 38.3 Å². The molecule has 0 aromatic heterocycles. The second-order valence-electron chi connectivity index (χ2n) is 7.65. The SMILES string of the molecule is COc1ccc(C=CC(=O)N2c3ccccc3CC2C)cc1S(=O)(=O)N1CCOCC1. The van der Waals surface area contributed by atoms with Gasteiger partial charge in [-0.2, -0.15) is 4.31 Å². The summed E-state index contributed by atoms with van der Waals surface area (Å²) in [7, 11) is -2.29. The number of nitrogens with zero attached hydrogens (tertiary/aromatic N) is 2. The highest BCUT2D eigenvalue weighted by Gasteiger charge is 2.30. The minimum atomic E-state index is -3.73. The summed E-state index contributed by atoms with van der Waals surface area (Å²) in [4.78, 5) is 14.8. The first kappa shape index (κ1) is 21.5. The molecule has 0 aliphatic carbocycles. The number of rotatable bonds is 5. The van der Waals surface area contributed by atoms with E-state index in [1.165, 1.54) is 17.5 Å².